The van der Waals surface area contributed by atoms with Gasteiger partial charge in [0.1, 0.15) is 11.1 Å². The summed E-state index contributed by atoms with van der Waals surface area (Å²) in [6.07, 6.45) is -5.11. The number of amides is 1. The van der Waals surface area contributed by atoms with Gasteiger partial charge in [0.2, 0.25) is 5.91 Å². The lowest BCUT2D eigenvalue weighted by Crippen LogP contribution is -2.20. The van der Waals surface area contributed by atoms with E-state index in [0.29, 0.717) is 11.4 Å². The Morgan fingerprint density at radius 2 is 1.95 bits per heavy atom. The molecule has 1 aromatic carbocycles. The number of hydrogen-bond donors (Lipinski definition) is 1. The van der Waals surface area contributed by atoms with Crippen molar-refractivity contribution in [3.05, 3.63) is 24.3 Å². The van der Waals surface area contributed by atoms with Gasteiger partial charge in [-0.25, -0.2) is 0 Å². The second kappa shape index (κ2) is 7.38. The third-order valence-electron chi connectivity index (χ3n) is 2.36. The van der Waals surface area contributed by atoms with Gasteiger partial charge in [-0.05, 0) is 37.6 Å². The monoisotopic (exact) mass is 309 g/mol. The molecule has 0 fully saturated rings. The van der Waals surface area contributed by atoms with Crippen LogP contribution in [0, 0.1) is 0 Å². The van der Waals surface area contributed by atoms with Crippen LogP contribution < -0.4 is 10.1 Å². The lowest BCUT2D eigenvalue weighted by atomic mass is 10.3. The van der Waals surface area contributed by atoms with Gasteiger partial charge in [0.25, 0.3) is 0 Å². The van der Waals surface area contributed by atoms with E-state index in [4.69, 9.17) is 16.3 Å². The van der Waals surface area contributed by atoms with Crippen LogP contribution in [0.2, 0.25) is 0 Å². The van der Waals surface area contributed by atoms with Crippen LogP contribution in [-0.4, -0.2) is 24.1 Å². The zero-order valence-electron chi connectivity index (χ0n) is 10.8. The number of nitrogens with one attached hydrogen (secondary N) is 1. The molecule has 0 spiro atoms. The molecule has 0 saturated carbocycles. The average Bonchev–Trinajstić information content (AvgIpc) is 2.35. The Labute approximate surface area is 120 Å². The minimum atomic E-state index is -4.16. The highest BCUT2D eigenvalue weighted by Crippen LogP contribution is 2.22. The Morgan fingerprint density at radius 1 is 1.35 bits per heavy atom. The molecule has 0 bridgehead atoms. The number of carbonyl (C=O) groups excluding carboxylic acids is 1. The molecular weight excluding hydrogens is 295 g/mol. The van der Waals surface area contributed by atoms with Gasteiger partial charge in [-0.3, -0.25) is 4.79 Å². The van der Waals surface area contributed by atoms with Gasteiger partial charge in [-0.1, -0.05) is 0 Å². The summed E-state index contributed by atoms with van der Waals surface area (Å²) in [5.41, 5.74) is 0.546. The van der Waals surface area contributed by atoms with E-state index in [9.17, 15) is 18.0 Å². The van der Waals surface area contributed by atoms with Gasteiger partial charge >= 0.3 is 6.18 Å². The number of carbonyl (C=O) groups is 1. The van der Waals surface area contributed by atoms with E-state index in [0.717, 1.165) is 0 Å². The minimum Gasteiger partial charge on any atom is -0.494 e. The molecule has 0 unspecified atom stereocenters. The van der Waals surface area contributed by atoms with Crippen molar-refractivity contribution in [2.45, 2.75) is 31.3 Å². The fourth-order valence-electron chi connectivity index (χ4n) is 1.34. The van der Waals surface area contributed by atoms with Crippen molar-refractivity contribution in [2.24, 2.45) is 0 Å². The summed E-state index contributed by atoms with van der Waals surface area (Å²) in [7, 11) is 0. The second-order valence-electron chi connectivity index (χ2n) is 4.20. The van der Waals surface area contributed by atoms with Crippen LogP contribution in [0.4, 0.5) is 18.9 Å². The molecule has 7 heteroatoms. The number of benzene rings is 1. The van der Waals surface area contributed by atoms with Crippen LogP contribution in [0.5, 0.6) is 5.75 Å². The van der Waals surface area contributed by atoms with Crippen molar-refractivity contribution in [2.75, 3.05) is 11.9 Å². The molecule has 1 aromatic rings. The highest BCUT2D eigenvalue weighted by molar-refractivity contribution is 6.32. The maximum atomic E-state index is 11.9. The molecule has 1 atom stereocenters. The lowest BCUT2D eigenvalue weighted by molar-refractivity contribution is -0.136. The molecule has 0 radical (unpaired) electrons. The van der Waals surface area contributed by atoms with E-state index in [1.54, 1.807) is 31.2 Å². The van der Waals surface area contributed by atoms with Crippen molar-refractivity contribution in [3.63, 3.8) is 0 Å². The van der Waals surface area contributed by atoms with Crippen LogP contribution in [0.25, 0.3) is 0 Å². The van der Waals surface area contributed by atoms with Crippen molar-refractivity contribution in [1.29, 1.82) is 0 Å². The molecule has 112 valence electrons. The molecule has 3 nitrogen and oxygen atoms in total. The lowest BCUT2D eigenvalue weighted by Gasteiger charge is -2.10. The van der Waals surface area contributed by atoms with Crippen molar-refractivity contribution >= 4 is 23.2 Å². The molecule has 1 N–H and O–H groups in total. The smallest absolute Gasteiger partial charge is 0.389 e. The summed E-state index contributed by atoms with van der Waals surface area (Å²) in [6, 6.07) is 6.33. The van der Waals surface area contributed by atoms with Crippen LogP contribution in [0.15, 0.2) is 24.3 Å². The van der Waals surface area contributed by atoms with E-state index in [1.807, 2.05) is 0 Å². The molecule has 0 aliphatic rings. The molecule has 0 saturated heterocycles. The molecular formula is C13H15ClF3NO2. The maximum absolute atomic E-state index is 11.9. The van der Waals surface area contributed by atoms with Gasteiger partial charge in [-0.2, -0.15) is 13.2 Å². The SMILES string of the molecule is C[C@H](Cl)C(=O)Nc1ccc(OCCCC(F)(F)F)cc1. The largest absolute Gasteiger partial charge is 0.494 e. The summed E-state index contributed by atoms with van der Waals surface area (Å²) in [5.74, 6) is 0.120. The van der Waals surface area contributed by atoms with Gasteiger partial charge in [0.05, 0.1) is 6.61 Å². The van der Waals surface area contributed by atoms with Crippen molar-refractivity contribution in [3.8, 4) is 5.75 Å². The van der Waals surface area contributed by atoms with Gasteiger partial charge in [0.15, 0.2) is 0 Å². The van der Waals surface area contributed by atoms with Gasteiger partial charge < -0.3 is 10.1 Å². The first-order valence-corrected chi connectivity index (χ1v) is 6.46. The quantitative estimate of drug-likeness (QED) is 0.638. The normalized spacial score (nSPS) is 12.8. The minimum absolute atomic E-state index is 0.00999. The molecule has 1 amide bonds. The number of ether oxygens (including phenoxy) is 1. The predicted molar refractivity (Wildman–Crippen MR) is 71.2 cm³/mol. The Morgan fingerprint density at radius 3 is 2.45 bits per heavy atom. The van der Waals surface area contributed by atoms with E-state index < -0.39 is 18.0 Å². The molecule has 0 aliphatic carbocycles. The number of alkyl halides is 4. The van der Waals surface area contributed by atoms with Gasteiger partial charge in [-0.15, -0.1) is 11.6 Å². The van der Waals surface area contributed by atoms with E-state index in [-0.39, 0.29) is 18.9 Å². The van der Waals surface area contributed by atoms with Crippen LogP contribution in [0.3, 0.4) is 0 Å². The Kier molecular flexibility index (Phi) is 6.13. The molecule has 0 heterocycles. The van der Waals surface area contributed by atoms with Crippen LogP contribution in [0.1, 0.15) is 19.8 Å². The fraction of sp³-hybridized carbons (Fsp3) is 0.462. The summed E-state index contributed by atoms with van der Waals surface area (Å²) >= 11 is 5.60. The molecule has 1 rings (SSSR count). The van der Waals surface area contributed by atoms with E-state index in [2.05, 4.69) is 5.32 Å². The standard InChI is InChI=1S/C13H15ClF3NO2/c1-9(14)12(19)18-10-3-5-11(6-4-10)20-8-2-7-13(15,16)17/h3-6,9H,2,7-8H2,1H3,(H,18,19)/t9-/m0/s1. The maximum Gasteiger partial charge on any atom is 0.389 e. The third kappa shape index (κ3) is 6.65. The molecule has 0 aromatic heterocycles. The highest BCUT2D eigenvalue weighted by atomic mass is 35.5. The first-order chi connectivity index (χ1) is 9.28. The summed E-state index contributed by atoms with van der Waals surface area (Å²) in [4.78, 5) is 11.3. The zero-order chi connectivity index (χ0) is 15.2. The topological polar surface area (TPSA) is 38.3 Å². The summed E-state index contributed by atoms with van der Waals surface area (Å²) < 4.78 is 40.9. The fourth-order valence-corrected chi connectivity index (χ4v) is 1.39. The van der Waals surface area contributed by atoms with Gasteiger partial charge in [0, 0.05) is 12.1 Å². The Bertz CT molecular complexity index is 432. The van der Waals surface area contributed by atoms with Crippen molar-refractivity contribution < 1.29 is 22.7 Å². The van der Waals surface area contributed by atoms with Crippen LogP contribution in [-0.2, 0) is 4.79 Å². The van der Waals surface area contributed by atoms with Crippen molar-refractivity contribution in [1.82, 2.24) is 0 Å². The Balaban J connectivity index is 2.37. The first kappa shape index (κ1) is 16.6. The first-order valence-electron chi connectivity index (χ1n) is 6.02. The second-order valence-corrected chi connectivity index (χ2v) is 4.85. The average molecular weight is 310 g/mol. The number of rotatable bonds is 6. The van der Waals surface area contributed by atoms with E-state index in [1.165, 1.54) is 0 Å². The van der Waals surface area contributed by atoms with Crippen LogP contribution >= 0.6 is 11.6 Å². The zero-order valence-corrected chi connectivity index (χ0v) is 11.6. The number of anilines is 1. The molecule has 0 aliphatic heterocycles. The molecule has 20 heavy (non-hydrogen) atoms. The third-order valence-corrected chi connectivity index (χ3v) is 2.55. The number of hydrogen-bond acceptors (Lipinski definition) is 2. The van der Waals surface area contributed by atoms with E-state index >= 15 is 0 Å². The number of halogens is 4. The summed E-state index contributed by atoms with van der Waals surface area (Å²) in [6.45, 7) is 1.54. The Hall–Kier alpha value is -1.43. The predicted octanol–water partition coefficient (Wildman–Crippen LogP) is 3.97. The highest BCUT2D eigenvalue weighted by Gasteiger charge is 2.26. The summed E-state index contributed by atoms with van der Waals surface area (Å²) in [5, 5.41) is 1.94.